The minimum Gasteiger partial charge on any atom is -0.462 e. The van der Waals surface area contributed by atoms with Crippen LogP contribution >= 0.6 is 0 Å². The predicted octanol–water partition coefficient (Wildman–Crippen LogP) is 18.5. The number of nitrogens with one attached hydrogen (secondary N) is 1. The summed E-state index contributed by atoms with van der Waals surface area (Å²) in [5.41, 5.74) is 0. The van der Waals surface area contributed by atoms with Crippen LogP contribution in [0.25, 0.3) is 0 Å². The van der Waals surface area contributed by atoms with Gasteiger partial charge in [0.05, 0.1) is 25.2 Å². The van der Waals surface area contributed by atoms with Gasteiger partial charge in [0.25, 0.3) is 0 Å². The molecule has 0 saturated carbocycles. The van der Waals surface area contributed by atoms with Crippen molar-refractivity contribution in [2.75, 3.05) is 6.61 Å². The number of aliphatic hydroxyl groups excluding tert-OH is 2. The lowest BCUT2D eigenvalue weighted by Gasteiger charge is -2.24. The molecule has 0 aromatic heterocycles. The summed E-state index contributed by atoms with van der Waals surface area (Å²) >= 11 is 0. The lowest BCUT2D eigenvalue weighted by atomic mass is 10.0. The first-order valence-corrected chi connectivity index (χ1v) is 29.7. The molecule has 6 nitrogen and oxygen atoms in total. The molecule has 3 unspecified atom stereocenters. The van der Waals surface area contributed by atoms with E-state index in [1.807, 2.05) is 6.08 Å². The first-order chi connectivity index (χ1) is 34.0. The van der Waals surface area contributed by atoms with Crippen molar-refractivity contribution < 1.29 is 24.5 Å². The fourth-order valence-corrected chi connectivity index (χ4v) is 8.87. The number of carbonyl (C=O) groups excluding carboxylic acids is 2. The Morgan fingerprint density at radius 1 is 0.435 bits per heavy atom. The van der Waals surface area contributed by atoms with E-state index in [-0.39, 0.29) is 31.3 Å². The number of rotatable bonds is 53. The van der Waals surface area contributed by atoms with Gasteiger partial charge in [-0.3, -0.25) is 9.59 Å². The summed E-state index contributed by atoms with van der Waals surface area (Å²) in [5, 5.41) is 23.9. The second-order valence-electron chi connectivity index (χ2n) is 20.0. The molecule has 0 rings (SSSR count). The number of carbonyl (C=O) groups is 2. The third-order valence-corrected chi connectivity index (χ3v) is 13.3. The van der Waals surface area contributed by atoms with Gasteiger partial charge >= 0.3 is 5.97 Å². The predicted molar refractivity (Wildman–Crippen MR) is 301 cm³/mol. The number of aliphatic hydroxyl groups is 2. The zero-order chi connectivity index (χ0) is 50.2. The van der Waals surface area contributed by atoms with Gasteiger partial charge in [-0.1, -0.05) is 286 Å². The van der Waals surface area contributed by atoms with E-state index < -0.39 is 18.2 Å². The van der Waals surface area contributed by atoms with Gasteiger partial charge in [0.1, 0.15) is 6.10 Å². The van der Waals surface area contributed by atoms with Crippen LogP contribution < -0.4 is 5.32 Å². The van der Waals surface area contributed by atoms with Crippen LogP contribution in [0.5, 0.6) is 0 Å². The van der Waals surface area contributed by atoms with Crippen molar-refractivity contribution in [3.05, 3.63) is 72.9 Å². The molecule has 1 amide bonds. The van der Waals surface area contributed by atoms with Crippen molar-refractivity contribution in [1.82, 2.24) is 5.32 Å². The maximum atomic E-state index is 13.3. The lowest BCUT2D eigenvalue weighted by molar-refractivity contribution is -0.150. The Balaban J connectivity index is 4.64. The topological polar surface area (TPSA) is 95.9 Å². The average molecular weight is 965 g/mol. The summed E-state index contributed by atoms with van der Waals surface area (Å²) in [6, 6.07) is -0.718. The summed E-state index contributed by atoms with van der Waals surface area (Å²) in [6.07, 6.45) is 72.6. The first-order valence-electron chi connectivity index (χ1n) is 29.7. The molecule has 0 aliphatic heterocycles. The van der Waals surface area contributed by atoms with Gasteiger partial charge in [0.2, 0.25) is 5.91 Å². The molecule has 3 N–H and O–H groups in total. The molecule has 0 bridgehead atoms. The van der Waals surface area contributed by atoms with E-state index in [0.29, 0.717) is 19.3 Å². The van der Waals surface area contributed by atoms with E-state index in [1.54, 1.807) is 0 Å². The van der Waals surface area contributed by atoms with Crippen molar-refractivity contribution in [1.29, 1.82) is 0 Å². The summed E-state index contributed by atoms with van der Waals surface area (Å²) in [7, 11) is 0. The highest BCUT2D eigenvalue weighted by Gasteiger charge is 2.24. The van der Waals surface area contributed by atoms with Gasteiger partial charge in [-0.2, -0.15) is 0 Å². The minimum atomic E-state index is -0.802. The molecular formula is C63H113NO5. The highest BCUT2D eigenvalue weighted by molar-refractivity contribution is 5.77. The van der Waals surface area contributed by atoms with Gasteiger partial charge in [-0.15, -0.1) is 0 Å². The van der Waals surface area contributed by atoms with Crippen molar-refractivity contribution >= 4 is 11.9 Å². The van der Waals surface area contributed by atoms with Crippen molar-refractivity contribution in [3.8, 4) is 0 Å². The Bertz CT molecular complexity index is 1270. The molecule has 3 atom stereocenters. The maximum Gasteiger partial charge on any atom is 0.306 e. The van der Waals surface area contributed by atoms with E-state index in [4.69, 9.17) is 4.74 Å². The number of hydrogen-bond donors (Lipinski definition) is 3. The quantitative estimate of drug-likeness (QED) is 0.0321. The molecular weight excluding hydrogens is 851 g/mol. The van der Waals surface area contributed by atoms with Crippen LogP contribution in [0.15, 0.2) is 72.9 Å². The van der Waals surface area contributed by atoms with Gasteiger partial charge in [0, 0.05) is 6.42 Å². The fourth-order valence-electron chi connectivity index (χ4n) is 8.87. The lowest BCUT2D eigenvalue weighted by Crippen LogP contribution is -2.46. The molecule has 6 heteroatoms. The van der Waals surface area contributed by atoms with Gasteiger partial charge in [0.15, 0.2) is 0 Å². The Morgan fingerprint density at radius 3 is 1.10 bits per heavy atom. The molecule has 0 aromatic rings. The van der Waals surface area contributed by atoms with Crippen molar-refractivity contribution in [3.63, 3.8) is 0 Å². The molecule has 0 spiro atoms. The fraction of sp³-hybridized carbons (Fsp3) is 0.778. The van der Waals surface area contributed by atoms with Gasteiger partial charge in [-0.05, 0) is 64.2 Å². The monoisotopic (exact) mass is 964 g/mol. The summed E-state index contributed by atoms with van der Waals surface area (Å²) in [4.78, 5) is 26.3. The standard InChI is InChI=1S/C63H113NO5/c1-4-7-10-13-16-19-22-25-28-30-31-32-35-38-41-44-47-50-53-56-63(68)69-59(54-51-48-45-42-39-36-33-27-24-21-18-15-12-9-6-3)57-62(67)64-60(58-65)61(66)55-52-49-46-43-40-37-34-29-26-23-20-17-14-11-8-5-2/h7,10,16,19,25,28,31-32,38,41,47,50,59-61,65-66H,4-6,8-9,11-15,17-18,20-24,26-27,29-30,33-37,39-40,42-46,48-49,51-58H2,1-3H3,(H,64,67)/b10-7-,19-16-,28-25-,32-31-,41-38-,50-47-. The number of ether oxygens (including phenoxy) is 1. The minimum absolute atomic E-state index is 0.0481. The van der Waals surface area contributed by atoms with Crippen molar-refractivity contribution in [2.45, 2.75) is 309 Å². The third-order valence-electron chi connectivity index (χ3n) is 13.3. The zero-order valence-corrected chi connectivity index (χ0v) is 45.7. The highest BCUT2D eigenvalue weighted by atomic mass is 16.5. The molecule has 69 heavy (non-hydrogen) atoms. The number of esters is 1. The smallest absolute Gasteiger partial charge is 0.306 e. The molecule has 0 radical (unpaired) electrons. The molecule has 0 heterocycles. The van der Waals surface area contributed by atoms with E-state index in [1.165, 1.54) is 161 Å². The SMILES string of the molecule is CC/C=C\C/C=C\C/C=C\C/C=C\C/C=C\C/C=C\CCC(=O)OC(CCCCCCCCCCCCCCCCC)CC(=O)NC(CO)C(O)CCCCCCCCCCCCCCCCCC. The van der Waals surface area contributed by atoms with Gasteiger partial charge in [-0.25, -0.2) is 0 Å². The average Bonchev–Trinajstić information content (AvgIpc) is 3.34. The second kappa shape index (κ2) is 56.2. The summed E-state index contributed by atoms with van der Waals surface area (Å²) in [5.74, 6) is -0.564. The van der Waals surface area contributed by atoms with E-state index in [2.05, 4.69) is 92.9 Å². The third kappa shape index (κ3) is 51.5. The van der Waals surface area contributed by atoms with Crippen LogP contribution in [0.1, 0.15) is 290 Å². The molecule has 400 valence electrons. The van der Waals surface area contributed by atoms with Crippen LogP contribution in [0, 0.1) is 0 Å². The number of allylic oxidation sites excluding steroid dienone is 12. The van der Waals surface area contributed by atoms with Crippen molar-refractivity contribution in [2.24, 2.45) is 0 Å². The first kappa shape index (κ1) is 66.3. The van der Waals surface area contributed by atoms with Crippen LogP contribution in [0.4, 0.5) is 0 Å². The summed E-state index contributed by atoms with van der Waals surface area (Å²) in [6.45, 7) is 6.39. The van der Waals surface area contributed by atoms with Crippen LogP contribution in [-0.4, -0.2) is 46.9 Å². The Morgan fingerprint density at radius 2 is 0.754 bits per heavy atom. The molecule has 0 aliphatic carbocycles. The zero-order valence-electron chi connectivity index (χ0n) is 45.7. The van der Waals surface area contributed by atoms with Crippen LogP contribution in [-0.2, 0) is 14.3 Å². The van der Waals surface area contributed by atoms with Crippen LogP contribution in [0.2, 0.25) is 0 Å². The Hall–Kier alpha value is -2.70. The second-order valence-corrected chi connectivity index (χ2v) is 20.0. The molecule has 0 aromatic carbocycles. The van der Waals surface area contributed by atoms with Crippen LogP contribution in [0.3, 0.4) is 0 Å². The van der Waals surface area contributed by atoms with E-state index in [0.717, 1.165) is 77.0 Å². The maximum absolute atomic E-state index is 13.3. The Labute approximate surface area is 428 Å². The number of amides is 1. The largest absolute Gasteiger partial charge is 0.462 e. The molecule has 0 aliphatic rings. The highest BCUT2D eigenvalue weighted by Crippen LogP contribution is 2.18. The number of unbranched alkanes of at least 4 members (excludes halogenated alkanes) is 29. The van der Waals surface area contributed by atoms with E-state index >= 15 is 0 Å². The molecule has 0 saturated heterocycles. The van der Waals surface area contributed by atoms with Gasteiger partial charge < -0.3 is 20.3 Å². The normalized spacial score (nSPS) is 13.6. The molecule has 0 fully saturated rings. The Kier molecular flexibility index (Phi) is 54.0. The number of hydrogen-bond acceptors (Lipinski definition) is 5. The van der Waals surface area contributed by atoms with E-state index in [9.17, 15) is 19.8 Å². The summed E-state index contributed by atoms with van der Waals surface area (Å²) < 4.78 is 5.93.